The van der Waals surface area contributed by atoms with Crippen molar-refractivity contribution in [3.05, 3.63) is 35.4 Å². The Morgan fingerprint density at radius 3 is 2.29 bits per heavy atom. The first-order valence-electron chi connectivity index (χ1n) is 4.75. The van der Waals surface area contributed by atoms with Crippen LogP contribution in [0.1, 0.15) is 24.2 Å². The van der Waals surface area contributed by atoms with Crippen LogP contribution in [0.15, 0.2) is 18.2 Å². The van der Waals surface area contributed by atoms with E-state index in [1.807, 2.05) is 0 Å². The highest BCUT2D eigenvalue weighted by molar-refractivity contribution is 5.97. The molecule has 92 valence electrons. The third-order valence-corrected chi connectivity index (χ3v) is 2.14. The van der Waals surface area contributed by atoms with Gasteiger partial charge in [-0.2, -0.15) is 0 Å². The van der Waals surface area contributed by atoms with E-state index in [2.05, 4.69) is 5.32 Å². The third kappa shape index (κ3) is 2.99. The quantitative estimate of drug-likeness (QED) is 0.846. The molecule has 1 aromatic carbocycles. The lowest BCUT2D eigenvalue weighted by Crippen LogP contribution is -2.49. The molecule has 0 radical (unpaired) electrons. The summed E-state index contributed by atoms with van der Waals surface area (Å²) < 4.78 is 25.5. The van der Waals surface area contributed by atoms with E-state index in [-0.39, 0.29) is 5.56 Å². The Morgan fingerprint density at radius 2 is 1.82 bits per heavy atom. The molecule has 0 unspecified atom stereocenters. The highest BCUT2D eigenvalue weighted by Gasteiger charge is 2.29. The van der Waals surface area contributed by atoms with Gasteiger partial charge in [0.25, 0.3) is 5.91 Å². The molecule has 0 heterocycles. The zero-order chi connectivity index (χ0) is 13.2. The molecule has 6 heteroatoms. The smallest absolute Gasteiger partial charge is 0.328 e. The molecule has 0 saturated carbocycles. The SMILES string of the molecule is CC(C)(NC(=O)c1ccc(F)c(F)c1)C(=O)O. The van der Waals surface area contributed by atoms with Gasteiger partial charge in [0.2, 0.25) is 0 Å². The van der Waals surface area contributed by atoms with E-state index in [0.717, 1.165) is 12.1 Å². The van der Waals surface area contributed by atoms with Crippen LogP contribution in [0.5, 0.6) is 0 Å². The summed E-state index contributed by atoms with van der Waals surface area (Å²) in [4.78, 5) is 22.3. The summed E-state index contributed by atoms with van der Waals surface area (Å²) in [6.07, 6.45) is 0. The maximum absolute atomic E-state index is 12.9. The summed E-state index contributed by atoms with van der Waals surface area (Å²) in [5.74, 6) is -4.24. The number of carboxylic acids is 1. The second-order valence-electron chi connectivity index (χ2n) is 4.01. The van der Waals surface area contributed by atoms with Crippen LogP contribution in [-0.4, -0.2) is 22.5 Å². The first-order chi connectivity index (χ1) is 7.74. The molecule has 0 aliphatic rings. The van der Waals surface area contributed by atoms with Gasteiger partial charge in [-0.15, -0.1) is 0 Å². The average molecular weight is 243 g/mol. The lowest BCUT2D eigenvalue weighted by molar-refractivity contribution is -0.143. The molecule has 0 saturated heterocycles. The van der Waals surface area contributed by atoms with Crippen molar-refractivity contribution in [3.8, 4) is 0 Å². The maximum Gasteiger partial charge on any atom is 0.328 e. The monoisotopic (exact) mass is 243 g/mol. The van der Waals surface area contributed by atoms with E-state index in [1.165, 1.54) is 13.8 Å². The second kappa shape index (κ2) is 4.48. The lowest BCUT2D eigenvalue weighted by atomic mass is 10.1. The minimum absolute atomic E-state index is 0.141. The van der Waals surface area contributed by atoms with Crippen LogP contribution in [0.3, 0.4) is 0 Å². The van der Waals surface area contributed by atoms with Crippen molar-refractivity contribution in [1.82, 2.24) is 5.32 Å². The standard InChI is InChI=1S/C11H11F2NO3/c1-11(2,10(16)17)14-9(15)6-3-4-7(12)8(13)5-6/h3-5H,1-2H3,(H,14,15)(H,16,17). The van der Waals surface area contributed by atoms with Gasteiger partial charge in [-0.1, -0.05) is 0 Å². The number of hydrogen-bond acceptors (Lipinski definition) is 2. The van der Waals surface area contributed by atoms with Gasteiger partial charge in [0.05, 0.1) is 0 Å². The van der Waals surface area contributed by atoms with E-state index in [4.69, 9.17) is 5.11 Å². The number of rotatable bonds is 3. The Hall–Kier alpha value is -1.98. The molecular weight excluding hydrogens is 232 g/mol. The molecule has 0 aliphatic heterocycles. The van der Waals surface area contributed by atoms with Gasteiger partial charge in [-0.05, 0) is 32.0 Å². The molecular formula is C11H11F2NO3. The van der Waals surface area contributed by atoms with Gasteiger partial charge in [0.1, 0.15) is 5.54 Å². The molecule has 1 rings (SSSR count). The van der Waals surface area contributed by atoms with Crippen molar-refractivity contribution < 1.29 is 23.5 Å². The Labute approximate surface area is 96.3 Å². The van der Waals surface area contributed by atoms with Crippen molar-refractivity contribution in [3.63, 3.8) is 0 Å². The zero-order valence-corrected chi connectivity index (χ0v) is 9.25. The van der Waals surface area contributed by atoms with Crippen molar-refractivity contribution in [2.24, 2.45) is 0 Å². The largest absolute Gasteiger partial charge is 0.480 e. The number of nitrogens with one attached hydrogen (secondary N) is 1. The van der Waals surface area contributed by atoms with Crippen LogP contribution in [0.25, 0.3) is 0 Å². The molecule has 1 aromatic rings. The number of carbonyl (C=O) groups is 2. The number of aliphatic carboxylic acids is 1. The minimum Gasteiger partial charge on any atom is -0.480 e. The number of carbonyl (C=O) groups excluding carboxylic acids is 1. The van der Waals surface area contributed by atoms with Crippen LogP contribution < -0.4 is 5.32 Å². The molecule has 0 atom stereocenters. The number of hydrogen-bond donors (Lipinski definition) is 2. The van der Waals surface area contributed by atoms with E-state index in [0.29, 0.717) is 6.07 Å². The lowest BCUT2D eigenvalue weighted by Gasteiger charge is -2.20. The summed E-state index contributed by atoms with van der Waals surface area (Å²) in [5.41, 5.74) is -1.62. The Balaban J connectivity index is 2.91. The molecule has 0 fully saturated rings. The van der Waals surface area contributed by atoms with Crippen molar-refractivity contribution in [1.29, 1.82) is 0 Å². The Morgan fingerprint density at radius 1 is 1.24 bits per heavy atom. The zero-order valence-electron chi connectivity index (χ0n) is 9.25. The van der Waals surface area contributed by atoms with E-state index >= 15 is 0 Å². The third-order valence-electron chi connectivity index (χ3n) is 2.14. The second-order valence-corrected chi connectivity index (χ2v) is 4.01. The van der Waals surface area contributed by atoms with Crippen LogP contribution in [-0.2, 0) is 4.79 Å². The van der Waals surface area contributed by atoms with Gasteiger partial charge in [0, 0.05) is 5.56 Å². The van der Waals surface area contributed by atoms with Gasteiger partial charge < -0.3 is 10.4 Å². The molecule has 4 nitrogen and oxygen atoms in total. The number of amides is 1. The fraction of sp³-hybridized carbons (Fsp3) is 0.273. The van der Waals surface area contributed by atoms with E-state index in [9.17, 15) is 18.4 Å². The van der Waals surface area contributed by atoms with Gasteiger partial charge >= 0.3 is 5.97 Å². The Bertz CT molecular complexity index is 472. The highest BCUT2D eigenvalue weighted by Crippen LogP contribution is 2.10. The predicted molar refractivity (Wildman–Crippen MR) is 55.5 cm³/mol. The first kappa shape index (κ1) is 13.1. The van der Waals surface area contributed by atoms with Crippen molar-refractivity contribution in [2.45, 2.75) is 19.4 Å². The Kier molecular flexibility index (Phi) is 3.45. The molecule has 1 amide bonds. The van der Waals surface area contributed by atoms with Crippen LogP contribution >= 0.6 is 0 Å². The minimum atomic E-state index is -1.48. The molecule has 0 aromatic heterocycles. The van der Waals surface area contributed by atoms with Crippen LogP contribution in [0.4, 0.5) is 8.78 Å². The predicted octanol–water partition coefficient (Wildman–Crippen LogP) is 1.56. The topological polar surface area (TPSA) is 66.4 Å². The average Bonchev–Trinajstić information content (AvgIpc) is 2.21. The number of benzene rings is 1. The van der Waals surface area contributed by atoms with Gasteiger partial charge in [-0.3, -0.25) is 4.79 Å². The molecule has 17 heavy (non-hydrogen) atoms. The maximum atomic E-state index is 12.9. The summed E-state index contributed by atoms with van der Waals surface area (Å²) in [6, 6.07) is 2.59. The van der Waals surface area contributed by atoms with Crippen LogP contribution in [0, 0.1) is 11.6 Å². The first-order valence-corrected chi connectivity index (χ1v) is 4.75. The van der Waals surface area contributed by atoms with Gasteiger partial charge in [-0.25, -0.2) is 13.6 Å². The van der Waals surface area contributed by atoms with Gasteiger partial charge in [0.15, 0.2) is 11.6 Å². The number of halogens is 2. The summed E-state index contributed by atoms with van der Waals surface area (Å²) in [6.45, 7) is 2.57. The fourth-order valence-corrected chi connectivity index (χ4v) is 1.05. The summed E-state index contributed by atoms with van der Waals surface area (Å²) in [5, 5.41) is 11.0. The molecule has 0 spiro atoms. The fourth-order valence-electron chi connectivity index (χ4n) is 1.05. The van der Waals surface area contributed by atoms with Crippen molar-refractivity contribution in [2.75, 3.05) is 0 Å². The molecule has 2 N–H and O–H groups in total. The normalized spacial score (nSPS) is 11.1. The van der Waals surface area contributed by atoms with Crippen molar-refractivity contribution >= 4 is 11.9 Å². The summed E-state index contributed by atoms with van der Waals surface area (Å²) in [7, 11) is 0. The van der Waals surface area contributed by atoms with E-state index < -0.39 is 29.0 Å². The molecule has 0 bridgehead atoms. The highest BCUT2D eigenvalue weighted by atomic mass is 19.2. The van der Waals surface area contributed by atoms with Crippen LogP contribution in [0.2, 0.25) is 0 Å². The molecule has 0 aliphatic carbocycles. The summed E-state index contributed by atoms with van der Waals surface area (Å²) >= 11 is 0. The number of carboxylic acid groups (broad SMARTS) is 1. The van der Waals surface area contributed by atoms with E-state index in [1.54, 1.807) is 0 Å².